The van der Waals surface area contributed by atoms with E-state index in [4.69, 9.17) is 9.47 Å². The molecule has 2 N–H and O–H groups in total. The van der Waals surface area contributed by atoms with Crippen LogP contribution in [-0.4, -0.2) is 67.4 Å². The number of nitrogens with zero attached hydrogens (tertiary/aromatic N) is 2. The number of guanidine groups is 1. The number of ether oxygens (including phenoxy) is 2. The van der Waals surface area contributed by atoms with Crippen molar-refractivity contribution >= 4 is 35.8 Å². The number of halogens is 1. The number of hydrogen-bond donors (Lipinski definition) is 2. The van der Waals surface area contributed by atoms with E-state index in [2.05, 4.69) is 15.6 Å². The standard InChI is InChI=1S/C22H32N4O3.HI/c1-14-12-26(13-15(2)28-14)21(27)17-6-4-16(5-7-17)11-24-22(23-3)25-19-10-18-8-9-20(19)29-18;/h4-7,14-15,18-20H,8-13H2,1-3H3,(H2,23,24,25);1H. The molecule has 3 saturated heterocycles. The minimum Gasteiger partial charge on any atom is -0.373 e. The number of hydrogen-bond acceptors (Lipinski definition) is 4. The van der Waals surface area contributed by atoms with E-state index >= 15 is 0 Å². The Hall–Kier alpha value is -1.39. The van der Waals surface area contributed by atoms with Crippen molar-refractivity contribution in [3.63, 3.8) is 0 Å². The average molecular weight is 528 g/mol. The zero-order chi connectivity index (χ0) is 20.4. The van der Waals surface area contributed by atoms with Gasteiger partial charge in [-0.3, -0.25) is 9.79 Å². The van der Waals surface area contributed by atoms with Crippen molar-refractivity contribution in [3.8, 4) is 0 Å². The molecule has 1 aromatic rings. The molecule has 0 radical (unpaired) electrons. The number of carbonyl (C=O) groups excluding carboxylic acids is 1. The topological polar surface area (TPSA) is 75.2 Å². The second kappa shape index (κ2) is 10.3. The van der Waals surface area contributed by atoms with Crippen molar-refractivity contribution in [1.29, 1.82) is 0 Å². The SMILES string of the molecule is CN=C(NCc1ccc(C(=O)N2CC(C)OC(C)C2)cc1)NC1CC2CCC1O2.I. The fourth-order valence-electron chi connectivity index (χ4n) is 4.64. The van der Waals surface area contributed by atoms with E-state index in [0.717, 1.165) is 29.9 Å². The average Bonchev–Trinajstić information content (AvgIpc) is 3.33. The predicted molar refractivity (Wildman–Crippen MR) is 127 cm³/mol. The highest BCUT2D eigenvalue weighted by Gasteiger charge is 2.41. The van der Waals surface area contributed by atoms with Gasteiger partial charge in [0, 0.05) is 32.2 Å². The van der Waals surface area contributed by atoms with Crippen LogP contribution in [-0.2, 0) is 16.0 Å². The number of aliphatic imine (C=N–C) groups is 1. The molecule has 1 amide bonds. The first-order chi connectivity index (χ1) is 14.0. The van der Waals surface area contributed by atoms with Crippen LogP contribution in [0, 0.1) is 0 Å². The summed E-state index contributed by atoms with van der Waals surface area (Å²) in [6.07, 6.45) is 4.25. The Kier molecular flexibility index (Phi) is 7.98. The maximum absolute atomic E-state index is 12.8. The van der Waals surface area contributed by atoms with E-state index in [1.807, 2.05) is 43.0 Å². The van der Waals surface area contributed by atoms with E-state index < -0.39 is 0 Å². The van der Waals surface area contributed by atoms with Crippen molar-refractivity contribution in [2.45, 2.75) is 70.1 Å². The lowest BCUT2D eigenvalue weighted by atomic mass is 9.96. The molecule has 0 saturated carbocycles. The third-order valence-electron chi connectivity index (χ3n) is 6.02. The van der Waals surface area contributed by atoms with Gasteiger partial charge in [0.25, 0.3) is 5.91 Å². The van der Waals surface area contributed by atoms with Gasteiger partial charge in [0.05, 0.1) is 30.5 Å². The first kappa shape index (κ1) is 23.3. The largest absolute Gasteiger partial charge is 0.373 e. The molecule has 166 valence electrons. The van der Waals surface area contributed by atoms with E-state index in [-0.39, 0.29) is 42.1 Å². The van der Waals surface area contributed by atoms with Crippen LogP contribution in [0.4, 0.5) is 0 Å². The van der Waals surface area contributed by atoms with Crippen molar-refractivity contribution in [2.75, 3.05) is 20.1 Å². The molecule has 0 spiro atoms. The minimum atomic E-state index is 0. The van der Waals surface area contributed by atoms with Crippen LogP contribution >= 0.6 is 24.0 Å². The van der Waals surface area contributed by atoms with Crippen molar-refractivity contribution in [2.24, 2.45) is 4.99 Å². The molecule has 0 aromatic heterocycles. The smallest absolute Gasteiger partial charge is 0.254 e. The highest BCUT2D eigenvalue weighted by molar-refractivity contribution is 14.0. The third-order valence-corrected chi connectivity index (χ3v) is 6.02. The molecule has 8 heteroatoms. The Balaban J connectivity index is 0.00000256. The Bertz CT molecular complexity index is 747. The molecule has 3 heterocycles. The molecule has 2 bridgehead atoms. The van der Waals surface area contributed by atoms with Gasteiger partial charge in [0.2, 0.25) is 0 Å². The number of nitrogens with one attached hydrogen (secondary N) is 2. The van der Waals surface area contributed by atoms with Crippen LogP contribution in [0.25, 0.3) is 0 Å². The van der Waals surface area contributed by atoms with Gasteiger partial charge in [-0.1, -0.05) is 12.1 Å². The lowest BCUT2D eigenvalue weighted by Crippen LogP contribution is -2.48. The van der Waals surface area contributed by atoms with E-state index in [1.165, 1.54) is 6.42 Å². The van der Waals surface area contributed by atoms with Gasteiger partial charge in [0.15, 0.2) is 5.96 Å². The summed E-state index contributed by atoms with van der Waals surface area (Å²) in [4.78, 5) is 19.0. The normalized spacial score (nSPS) is 30.7. The van der Waals surface area contributed by atoms with Gasteiger partial charge in [0.1, 0.15) is 0 Å². The Morgan fingerprint density at radius 3 is 2.40 bits per heavy atom. The van der Waals surface area contributed by atoms with E-state index in [0.29, 0.717) is 37.9 Å². The van der Waals surface area contributed by atoms with Crippen LogP contribution in [0.5, 0.6) is 0 Å². The quantitative estimate of drug-likeness (QED) is 0.357. The van der Waals surface area contributed by atoms with Gasteiger partial charge in [-0.25, -0.2) is 0 Å². The summed E-state index contributed by atoms with van der Waals surface area (Å²) in [6, 6.07) is 8.16. The molecule has 3 aliphatic rings. The summed E-state index contributed by atoms with van der Waals surface area (Å²) in [5.41, 5.74) is 1.83. The molecule has 1 aromatic carbocycles. The van der Waals surface area contributed by atoms with Gasteiger partial charge < -0.3 is 25.0 Å². The van der Waals surface area contributed by atoms with Gasteiger partial charge >= 0.3 is 0 Å². The highest BCUT2D eigenvalue weighted by atomic mass is 127. The summed E-state index contributed by atoms with van der Waals surface area (Å²) in [7, 11) is 1.79. The Morgan fingerprint density at radius 2 is 1.83 bits per heavy atom. The van der Waals surface area contributed by atoms with Crippen LogP contribution in [0.2, 0.25) is 0 Å². The second-order valence-corrected chi connectivity index (χ2v) is 8.45. The molecule has 30 heavy (non-hydrogen) atoms. The molecular formula is C22H33IN4O3. The van der Waals surface area contributed by atoms with Crippen LogP contribution in [0.3, 0.4) is 0 Å². The van der Waals surface area contributed by atoms with E-state index in [1.54, 1.807) is 7.05 Å². The Labute approximate surface area is 196 Å². The molecule has 5 atom stereocenters. The highest BCUT2D eigenvalue weighted by Crippen LogP contribution is 2.34. The third kappa shape index (κ3) is 5.45. The monoisotopic (exact) mass is 528 g/mol. The number of carbonyl (C=O) groups is 1. The molecule has 0 aliphatic carbocycles. The number of morpholine rings is 1. The van der Waals surface area contributed by atoms with Gasteiger partial charge in [-0.2, -0.15) is 0 Å². The van der Waals surface area contributed by atoms with Crippen molar-refractivity contribution in [3.05, 3.63) is 35.4 Å². The summed E-state index contributed by atoms with van der Waals surface area (Å²) in [5, 5.41) is 6.86. The minimum absolute atomic E-state index is 0. The fraction of sp³-hybridized carbons (Fsp3) is 0.636. The Morgan fingerprint density at radius 1 is 1.13 bits per heavy atom. The van der Waals surface area contributed by atoms with E-state index in [9.17, 15) is 4.79 Å². The number of fused-ring (bicyclic) bond motifs is 2. The van der Waals surface area contributed by atoms with Gasteiger partial charge in [-0.05, 0) is 50.8 Å². The molecule has 3 aliphatic heterocycles. The summed E-state index contributed by atoms with van der Waals surface area (Å²) < 4.78 is 11.6. The van der Waals surface area contributed by atoms with Crippen LogP contribution < -0.4 is 10.6 Å². The maximum Gasteiger partial charge on any atom is 0.254 e. The van der Waals surface area contributed by atoms with Crippen molar-refractivity contribution < 1.29 is 14.3 Å². The predicted octanol–water partition coefficient (Wildman–Crippen LogP) is 2.54. The number of amides is 1. The molecule has 4 rings (SSSR count). The van der Waals surface area contributed by atoms with Crippen molar-refractivity contribution in [1.82, 2.24) is 15.5 Å². The zero-order valence-corrected chi connectivity index (χ0v) is 20.3. The number of benzene rings is 1. The summed E-state index contributed by atoms with van der Waals surface area (Å²) in [6.45, 7) is 5.95. The molecule has 7 nitrogen and oxygen atoms in total. The lowest BCUT2D eigenvalue weighted by Gasteiger charge is -2.35. The lowest BCUT2D eigenvalue weighted by molar-refractivity contribution is -0.0586. The zero-order valence-electron chi connectivity index (χ0n) is 18.0. The molecular weight excluding hydrogens is 495 g/mol. The first-order valence-corrected chi connectivity index (χ1v) is 10.7. The number of rotatable bonds is 4. The van der Waals surface area contributed by atoms with Gasteiger partial charge in [-0.15, -0.1) is 24.0 Å². The molecule has 5 unspecified atom stereocenters. The van der Waals surface area contributed by atoms with Crippen LogP contribution in [0.1, 0.15) is 49.0 Å². The molecule has 3 fully saturated rings. The summed E-state index contributed by atoms with van der Waals surface area (Å²) in [5.74, 6) is 0.864. The second-order valence-electron chi connectivity index (χ2n) is 8.45. The summed E-state index contributed by atoms with van der Waals surface area (Å²) >= 11 is 0. The fourth-order valence-corrected chi connectivity index (χ4v) is 4.64. The van der Waals surface area contributed by atoms with Crippen LogP contribution in [0.15, 0.2) is 29.3 Å². The first-order valence-electron chi connectivity index (χ1n) is 10.7. The maximum atomic E-state index is 12.8.